The highest BCUT2D eigenvalue weighted by molar-refractivity contribution is 7.80. The summed E-state index contributed by atoms with van der Waals surface area (Å²) in [6.07, 6.45) is 1.56. The fraction of sp³-hybridized carbons (Fsp3) is 0. The molecule has 0 unspecified atom stereocenters. The van der Waals surface area contributed by atoms with E-state index in [1.807, 2.05) is 12.1 Å². The average molecular weight is 265 g/mol. The van der Waals surface area contributed by atoms with Crippen LogP contribution in [0.3, 0.4) is 0 Å². The molecule has 5 heteroatoms. The highest BCUT2D eigenvalue weighted by Crippen LogP contribution is 2.23. The molecule has 0 aliphatic rings. The number of thiocarbonyl (C=S) groups is 1. The van der Waals surface area contributed by atoms with Crippen LogP contribution < -0.4 is 10.5 Å². The maximum atomic E-state index is 5.85. The zero-order valence-corrected chi connectivity index (χ0v) is 10.3. The van der Waals surface area contributed by atoms with Crippen LogP contribution in [0, 0.1) is 0 Å². The number of aromatic nitrogens is 1. The number of ether oxygens (including phenoxy) is 1. The SMILES string of the molecule is NC(=S)c1ccc(Oc2cccc(Cl)c2)cn1. The van der Waals surface area contributed by atoms with E-state index in [2.05, 4.69) is 4.98 Å². The van der Waals surface area contributed by atoms with Crippen LogP contribution in [0.15, 0.2) is 42.6 Å². The van der Waals surface area contributed by atoms with Gasteiger partial charge in [-0.3, -0.25) is 0 Å². The van der Waals surface area contributed by atoms with Gasteiger partial charge in [0.15, 0.2) is 0 Å². The van der Waals surface area contributed by atoms with Crippen molar-refractivity contribution in [2.24, 2.45) is 5.73 Å². The Morgan fingerprint density at radius 3 is 2.65 bits per heavy atom. The summed E-state index contributed by atoms with van der Waals surface area (Å²) in [6.45, 7) is 0. The molecule has 86 valence electrons. The van der Waals surface area contributed by atoms with E-state index in [-0.39, 0.29) is 4.99 Å². The van der Waals surface area contributed by atoms with Gasteiger partial charge >= 0.3 is 0 Å². The first-order chi connectivity index (χ1) is 8.15. The topological polar surface area (TPSA) is 48.1 Å². The molecule has 2 rings (SSSR count). The summed E-state index contributed by atoms with van der Waals surface area (Å²) < 4.78 is 5.56. The number of pyridine rings is 1. The molecule has 0 aliphatic carbocycles. The highest BCUT2D eigenvalue weighted by Gasteiger charge is 2.01. The zero-order valence-electron chi connectivity index (χ0n) is 8.76. The lowest BCUT2D eigenvalue weighted by molar-refractivity contribution is 0.480. The Balaban J connectivity index is 2.16. The van der Waals surface area contributed by atoms with E-state index in [1.54, 1.807) is 30.5 Å². The number of hydrogen-bond donors (Lipinski definition) is 1. The van der Waals surface area contributed by atoms with Crippen LogP contribution in [-0.2, 0) is 0 Å². The first kappa shape index (κ1) is 11.8. The lowest BCUT2D eigenvalue weighted by Gasteiger charge is -2.05. The molecule has 0 aliphatic heterocycles. The molecule has 0 spiro atoms. The summed E-state index contributed by atoms with van der Waals surface area (Å²) in [5.74, 6) is 1.26. The van der Waals surface area contributed by atoms with E-state index in [4.69, 9.17) is 34.3 Å². The summed E-state index contributed by atoms with van der Waals surface area (Å²) in [4.78, 5) is 4.34. The quantitative estimate of drug-likeness (QED) is 0.865. The Kier molecular flexibility index (Phi) is 3.56. The van der Waals surface area contributed by atoms with E-state index in [0.717, 1.165) is 0 Å². The van der Waals surface area contributed by atoms with Crippen LogP contribution in [0.1, 0.15) is 5.69 Å². The number of nitrogens with zero attached hydrogens (tertiary/aromatic N) is 1. The van der Waals surface area contributed by atoms with E-state index in [0.29, 0.717) is 22.2 Å². The average Bonchev–Trinajstić information content (AvgIpc) is 2.29. The first-order valence-corrected chi connectivity index (χ1v) is 5.63. The third kappa shape index (κ3) is 3.15. The monoisotopic (exact) mass is 264 g/mol. The van der Waals surface area contributed by atoms with Gasteiger partial charge in [-0.15, -0.1) is 0 Å². The molecule has 1 aromatic carbocycles. The molecule has 0 saturated heterocycles. The number of halogens is 1. The maximum absolute atomic E-state index is 5.85. The van der Waals surface area contributed by atoms with Gasteiger partial charge in [0, 0.05) is 5.02 Å². The maximum Gasteiger partial charge on any atom is 0.145 e. The van der Waals surface area contributed by atoms with Gasteiger partial charge in [-0.05, 0) is 30.3 Å². The van der Waals surface area contributed by atoms with Crippen molar-refractivity contribution in [1.82, 2.24) is 4.98 Å². The Morgan fingerprint density at radius 2 is 2.06 bits per heavy atom. The van der Waals surface area contributed by atoms with Gasteiger partial charge in [-0.25, -0.2) is 4.98 Å². The third-order valence-electron chi connectivity index (χ3n) is 2.02. The molecule has 2 N–H and O–H groups in total. The molecule has 1 heterocycles. The largest absolute Gasteiger partial charge is 0.456 e. The molecule has 0 amide bonds. The molecule has 0 radical (unpaired) electrons. The van der Waals surface area contributed by atoms with Gasteiger partial charge in [0.05, 0.1) is 11.9 Å². The Morgan fingerprint density at radius 1 is 1.24 bits per heavy atom. The minimum Gasteiger partial charge on any atom is -0.456 e. The fourth-order valence-electron chi connectivity index (χ4n) is 1.25. The van der Waals surface area contributed by atoms with E-state index >= 15 is 0 Å². The minimum absolute atomic E-state index is 0.263. The van der Waals surface area contributed by atoms with Crippen molar-refractivity contribution >= 4 is 28.8 Å². The van der Waals surface area contributed by atoms with Gasteiger partial charge in [-0.2, -0.15) is 0 Å². The van der Waals surface area contributed by atoms with Crippen LogP contribution in [0.2, 0.25) is 5.02 Å². The van der Waals surface area contributed by atoms with Crippen LogP contribution in [0.25, 0.3) is 0 Å². The summed E-state index contributed by atoms with van der Waals surface area (Å²) in [5.41, 5.74) is 6.01. The smallest absolute Gasteiger partial charge is 0.145 e. The molecule has 0 atom stereocenters. The second-order valence-electron chi connectivity index (χ2n) is 3.30. The Bertz CT molecular complexity index is 542. The zero-order chi connectivity index (χ0) is 12.3. The van der Waals surface area contributed by atoms with Gasteiger partial charge in [-0.1, -0.05) is 29.9 Å². The predicted octanol–water partition coefficient (Wildman–Crippen LogP) is 3.16. The van der Waals surface area contributed by atoms with E-state index < -0.39 is 0 Å². The van der Waals surface area contributed by atoms with Gasteiger partial charge in [0.2, 0.25) is 0 Å². The molecule has 0 saturated carbocycles. The molecule has 0 fully saturated rings. The van der Waals surface area contributed by atoms with Crippen molar-refractivity contribution in [1.29, 1.82) is 0 Å². The number of nitrogens with two attached hydrogens (primary N) is 1. The second kappa shape index (κ2) is 5.12. The predicted molar refractivity (Wildman–Crippen MR) is 71.7 cm³/mol. The minimum atomic E-state index is 0.263. The Labute approximate surface area is 109 Å². The molecule has 0 bridgehead atoms. The van der Waals surface area contributed by atoms with Crippen molar-refractivity contribution in [3.05, 3.63) is 53.3 Å². The van der Waals surface area contributed by atoms with Crippen molar-refractivity contribution in [2.45, 2.75) is 0 Å². The van der Waals surface area contributed by atoms with Crippen LogP contribution >= 0.6 is 23.8 Å². The summed E-state index contributed by atoms with van der Waals surface area (Å²) in [7, 11) is 0. The van der Waals surface area contributed by atoms with E-state index in [9.17, 15) is 0 Å². The van der Waals surface area contributed by atoms with Crippen molar-refractivity contribution in [2.75, 3.05) is 0 Å². The summed E-state index contributed by atoms with van der Waals surface area (Å²) in [5, 5.41) is 0.621. The van der Waals surface area contributed by atoms with Crippen LogP contribution in [-0.4, -0.2) is 9.97 Å². The molecule has 3 nitrogen and oxygen atoms in total. The fourth-order valence-corrected chi connectivity index (χ4v) is 1.55. The van der Waals surface area contributed by atoms with Crippen molar-refractivity contribution in [3.63, 3.8) is 0 Å². The van der Waals surface area contributed by atoms with Gasteiger partial charge in [0.1, 0.15) is 16.5 Å². The van der Waals surface area contributed by atoms with Crippen LogP contribution in [0.4, 0.5) is 0 Å². The molecular weight excluding hydrogens is 256 g/mol. The number of hydrogen-bond acceptors (Lipinski definition) is 3. The van der Waals surface area contributed by atoms with Gasteiger partial charge in [0.25, 0.3) is 0 Å². The van der Waals surface area contributed by atoms with Crippen molar-refractivity contribution < 1.29 is 4.74 Å². The standard InChI is InChI=1S/C12H9ClN2OS/c13-8-2-1-3-9(6-8)16-10-4-5-11(12(14)17)15-7-10/h1-7H,(H2,14,17). The second-order valence-corrected chi connectivity index (χ2v) is 4.18. The summed E-state index contributed by atoms with van der Waals surface area (Å²) >= 11 is 10.7. The number of benzene rings is 1. The lowest BCUT2D eigenvalue weighted by atomic mass is 10.3. The lowest BCUT2D eigenvalue weighted by Crippen LogP contribution is -2.10. The highest BCUT2D eigenvalue weighted by atomic mass is 35.5. The number of rotatable bonds is 3. The molecule has 2 aromatic rings. The molecule has 17 heavy (non-hydrogen) atoms. The van der Waals surface area contributed by atoms with Gasteiger partial charge < -0.3 is 10.5 Å². The third-order valence-corrected chi connectivity index (χ3v) is 2.46. The first-order valence-electron chi connectivity index (χ1n) is 4.84. The van der Waals surface area contributed by atoms with Crippen LogP contribution in [0.5, 0.6) is 11.5 Å². The van der Waals surface area contributed by atoms with Crippen molar-refractivity contribution in [3.8, 4) is 11.5 Å². The summed E-state index contributed by atoms with van der Waals surface area (Å²) in [6, 6.07) is 10.6. The van der Waals surface area contributed by atoms with E-state index in [1.165, 1.54) is 0 Å². The normalized spacial score (nSPS) is 9.94. The Hall–Kier alpha value is -1.65. The molecule has 1 aromatic heterocycles. The molecular formula is C12H9ClN2OS.